The first kappa shape index (κ1) is 14.1. The number of carbonyl (C=O) groups is 1. The van der Waals surface area contributed by atoms with Crippen LogP contribution in [0.2, 0.25) is 0 Å². The van der Waals surface area contributed by atoms with Gasteiger partial charge in [-0.3, -0.25) is 4.79 Å². The summed E-state index contributed by atoms with van der Waals surface area (Å²) >= 11 is 0. The fraction of sp³-hybridized carbons (Fsp3) is 0.500. The molecule has 5 nitrogen and oxygen atoms in total. The van der Waals surface area contributed by atoms with Crippen molar-refractivity contribution < 1.29 is 9.21 Å². The predicted molar refractivity (Wildman–Crippen MR) is 80.8 cm³/mol. The molecule has 0 aliphatic carbocycles. The minimum absolute atomic E-state index is 0.0748. The Morgan fingerprint density at radius 2 is 2.33 bits per heavy atom. The maximum Gasteiger partial charge on any atom is 0.227 e. The van der Waals surface area contributed by atoms with Crippen LogP contribution < -0.4 is 5.32 Å². The number of carbonyl (C=O) groups excluding carboxylic acids is 1. The van der Waals surface area contributed by atoms with Crippen molar-refractivity contribution in [1.29, 1.82) is 0 Å². The first-order valence-corrected chi connectivity index (χ1v) is 7.30. The predicted octanol–water partition coefficient (Wildman–Crippen LogP) is 2.09. The molecule has 1 aromatic heterocycles. The van der Waals surface area contributed by atoms with Gasteiger partial charge in [-0.2, -0.15) is 0 Å². The molecule has 0 radical (unpaired) electrons. The molecule has 1 aliphatic rings. The second kappa shape index (κ2) is 5.15. The standard InChI is InChI=1S/C16H21N3O2/c1-11-5-4-6-12-14(11)18-13(21-12)9-17-15(20)16(2)7-8-19(3)10-16/h4-6H,7-10H2,1-3H3,(H,17,20)/t16-/m1/s1. The number of likely N-dealkylation sites (tertiary alicyclic amines) is 1. The fourth-order valence-electron chi connectivity index (χ4n) is 2.95. The van der Waals surface area contributed by atoms with Crippen LogP contribution in [-0.2, 0) is 11.3 Å². The number of para-hydroxylation sites is 1. The second-order valence-electron chi connectivity index (χ2n) is 6.26. The first-order chi connectivity index (χ1) is 9.98. The maximum atomic E-state index is 12.4. The molecule has 21 heavy (non-hydrogen) atoms. The van der Waals surface area contributed by atoms with Gasteiger partial charge < -0.3 is 14.6 Å². The molecule has 1 N–H and O–H groups in total. The van der Waals surface area contributed by atoms with E-state index in [0.29, 0.717) is 12.4 Å². The van der Waals surface area contributed by atoms with Crippen LogP contribution >= 0.6 is 0 Å². The van der Waals surface area contributed by atoms with Gasteiger partial charge in [0.25, 0.3) is 0 Å². The fourth-order valence-corrected chi connectivity index (χ4v) is 2.95. The summed E-state index contributed by atoms with van der Waals surface area (Å²) in [5.41, 5.74) is 2.41. The van der Waals surface area contributed by atoms with Crippen molar-refractivity contribution in [2.45, 2.75) is 26.8 Å². The normalized spacial score (nSPS) is 22.8. The molecule has 3 rings (SSSR count). The van der Waals surface area contributed by atoms with Crippen LogP contribution in [0.5, 0.6) is 0 Å². The zero-order valence-corrected chi connectivity index (χ0v) is 12.8. The molecular formula is C16H21N3O2. The van der Waals surface area contributed by atoms with E-state index in [1.54, 1.807) is 0 Å². The number of amides is 1. The lowest BCUT2D eigenvalue weighted by Gasteiger charge is -2.22. The number of oxazole rings is 1. The maximum absolute atomic E-state index is 12.4. The van der Waals surface area contributed by atoms with E-state index in [4.69, 9.17) is 4.42 Å². The monoisotopic (exact) mass is 287 g/mol. The van der Waals surface area contributed by atoms with Gasteiger partial charge in [-0.05, 0) is 45.5 Å². The van der Waals surface area contributed by atoms with Crippen molar-refractivity contribution in [2.75, 3.05) is 20.1 Å². The number of benzene rings is 1. The minimum Gasteiger partial charge on any atom is -0.439 e. The van der Waals surface area contributed by atoms with Gasteiger partial charge in [-0.1, -0.05) is 12.1 Å². The van der Waals surface area contributed by atoms with Crippen LogP contribution in [0.25, 0.3) is 11.1 Å². The van der Waals surface area contributed by atoms with Gasteiger partial charge >= 0.3 is 0 Å². The van der Waals surface area contributed by atoms with Gasteiger partial charge in [0.2, 0.25) is 11.8 Å². The van der Waals surface area contributed by atoms with Gasteiger partial charge in [0.05, 0.1) is 12.0 Å². The van der Waals surface area contributed by atoms with Gasteiger partial charge in [0.1, 0.15) is 5.52 Å². The zero-order valence-electron chi connectivity index (χ0n) is 12.8. The van der Waals surface area contributed by atoms with Gasteiger partial charge in [0, 0.05) is 6.54 Å². The van der Waals surface area contributed by atoms with E-state index in [9.17, 15) is 4.79 Å². The lowest BCUT2D eigenvalue weighted by molar-refractivity contribution is -0.129. The highest BCUT2D eigenvalue weighted by Crippen LogP contribution is 2.29. The summed E-state index contributed by atoms with van der Waals surface area (Å²) in [5.74, 6) is 0.633. The SMILES string of the molecule is Cc1cccc2oc(CNC(=O)[C@]3(C)CCN(C)C3)nc12. The molecule has 1 aliphatic heterocycles. The first-order valence-electron chi connectivity index (χ1n) is 7.30. The number of rotatable bonds is 3. The summed E-state index contributed by atoms with van der Waals surface area (Å²) in [6.07, 6.45) is 0.891. The van der Waals surface area contributed by atoms with Gasteiger partial charge in [-0.25, -0.2) is 4.98 Å². The summed E-state index contributed by atoms with van der Waals surface area (Å²) in [7, 11) is 2.04. The Morgan fingerprint density at radius 1 is 1.52 bits per heavy atom. The minimum atomic E-state index is -0.309. The van der Waals surface area contributed by atoms with Crippen LogP contribution in [0.3, 0.4) is 0 Å². The molecule has 1 amide bonds. The molecular weight excluding hydrogens is 266 g/mol. The van der Waals surface area contributed by atoms with E-state index in [2.05, 4.69) is 15.2 Å². The Hall–Kier alpha value is -1.88. The quantitative estimate of drug-likeness (QED) is 0.939. The summed E-state index contributed by atoms with van der Waals surface area (Å²) in [4.78, 5) is 19.0. The summed E-state index contributed by atoms with van der Waals surface area (Å²) in [5, 5.41) is 2.96. The molecule has 2 aromatic rings. The highest BCUT2D eigenvalue weighted by Gasteiger charge is 2.38. The highest BCUT2D eigenvalue weighted by atomic mass is 16.3. The van der Waals surface area contributed by atoms with Crippen molar-refractivity contribution in [3.8, 4) is 0 Å². The summed E-state index contributed by atoms with van der Waals surface area (Å²) < 4.78 is 5.68. The Bertz CT molecular complexity index is 679. The van der Waals surface area contributed by atoms with Crippen LogP contribution in [0.1, 0.15) is 24.8 Å². The Morgan fingerprint density at radius 3 is 3.00 bits per heavy atom. The summed E-state index contributed by atoms with van der Waals surface area (Å²) in [6, 6.07) is 5.84. The highest BCUT2D eigenvalue weighted by molar-refractivity contribution is 5.83. The van der Waals surface area contributed by atoms with Crippen molar-refractivity contribution in [1.82, 2.24) is 15.2 Å². The number of nitrogens with one attached hydrogen (secondary N) is 1. The average molecular weight is 287 g/mol. The molecule has 0 unspecified atom stereocenters. The van der Waals surface area contributed by atoms with Crippen LogP contribution in [0.15, 0.2) is 22.6 Å². The third kappa shape index (κ3) is 2.65. The summed E-state index contributed by atoms with van der Waals surface area (Å²) in [6.45, 7) is 6.12. The molecule has 1 aromatic carbocycles. The molecule has 0 spiro atoms. The molecule has 5 heteroatoms. The third-order valence-electron chi connectivity index (χ3n) is 4.28. The topological polar surface area (TPSA) is 58.4 Å². The lowest BCUT2D eigenvalue weighted by atomic mass is 9.89. The van der Waals surface area contributed by atoms with Crippen molar-refractivity contribution in [3.63, 3.8) is 0 Å². The molecule has 2 heterocycles. The van der Waals surface area contributed by atoms with Gasteiger partial charge in [0.15, 0.2) is 5.58 Å². The van der Waals surface area contributed by atoms with Crippen molar-refractivity contribution in [2.24, 2.45) is 5.41 Å². The molecule has 1 fully saturated rings. The number of hydrogen-bond donors (Lipinski definition) is 1. The number of nitrogens with zero attached hydrogens (tertiary/aromatic N) is 2. The van der Waals surface area contributed by atoms with E-state index < -0.39 is 0 Å². The number of aromatic nitrogens is 1. The van der Waals surface area contributed by atoms with Crippen molar-refractivity contribution >= 4 is 17.0 Å². The average Bonchev–Trinajstić information content (AvgIpc) is 3.01. The number of fused-ring (bicyclic) bond motifs is 1. The smallest absolute Gasteiger partial charge is 0.227 e. The van der Waals surface area contributed by atoms with Crippen LogP contribution in [0, 0.1) is 12.3 Å². The molecule has 0 saturated carbocycles. The van der Waals surface area contributed by atoms with Crippen molar-refractivity contribution in [3.05, 3.63) is 29.7 Å². The molecule has 1 saturated heterocycles. The van der Waals surface area contributed by atoms with E-state index in [0.717, 1.165) is 36.2 Å². The Labute approximate surface area is 124 Å². The Balaban J connectivity index is 1.69. The number of hydrogen-bond acceptors (Lipinski definition) is 4. The largest absolute Gasteiger partial charge is 0.439 e. The van der Waals surface area contributed by atoms with Gasteiger partial charge in [-0.15, -0.1) is 0 Å². The van der Waals surface area contributed by atoms with E-state index in [1.165, 1.54) is 0 Å². The molecule has 1 atom stereocenters. The van der Waals surface area contributed by atoms with Crippen LogP contribution in [0.4, 0.5) is 0 Å². The third-order valence-corrected chi connectivity index (χ3v) is 4.28. The van der Waals surface area contributed by atoms with E-state index in [1.807, 2.05) is 39.1 Å². The number of aryl methyl sites for hydroxylation is 1. The second-order valence-corrected chi connectivity index (χ2v) is 6.26. The Kier molecular flexibility index (Phi) is 3.45. The molecule has 0 bridgehead atoms. The zero-order chi connectivity index (χ0) is 15.0. The van der Waals surface area contributed by atoms with Crippen LogP contribution in [-0.4, -0.2) is 35.9 Å². The van der Waals surface area contributed by atoms with E-state index >= 15 is 0 Å². The lowest BCUT2D eigenvalue weighted by Crippen LogP contribution is -2.40. The molecule has 112 valence electrons. The van der Waals surface area contributed by atoms with E-state index in [-0.39, 0.29) is 11.3 Å².